The van der Waals surface area contributed by atoms with Gasteiger partial charge in [0.15, 0.2) is 5.76 Å². The zero-order valence-corrected chi connectivity index (χ0v) is 11.0. The van der Waals surface area contributed by atoms with E-state index in [4.69, 9.17) is 4.52 Å². The summed E-state index contributed by atoms with van der Waals surface area (Å²) >= 11 is 5.11. The van der Waals surface area contributed by atoms with Crippen molar-refractivity contribution >= 4 is 27.3 Å². The Bertz CT molecular complexity index is 490. The van der Waals surface area contributed by atoms with Gasteiger partial charge in [-0.3, -0.25) is 0 Å². The number of hydrogen-bond donors (Lipinski definition) is 1. The molecule has 1 saturated carbocycles. The Labute approximate surface area is 106 Å². The number of aromatic nitrogens is 1. The molecule has 0 radical (unpaired) electrons. The summed E-state index contributed by atoms with van der Waals surface area (Å²) in [5.41, 5.74) is 1.14. The van der Waals surface area contributed by atoms with E-state index in [1.165, 1.54) is 12.8 Å². The minimum absolute atomic E-state index is 0.706. The molecule has 2 aromatic heterocycles. The molecule has 1 aliphatic carbocycles. The molecular weight excluding hydrogens is 288 g/mol. The van der Waals surface area contributed by atoms with Crippen LogP contribution in [0.5, 0.6) is 0 Å². The first-order valence-corrected chi connectivity index (χ1v) is 6.91. The SMILES string of the molecule is Brc1csc(-c2oncc2CNC2CC2)c1. The van der Waals surface area contributed by atoms with E-state index in [0.29, 0.717) is 6.04 Å². The van der Waals surface area contributed by atoms with E-state index in [2.05, 4.69) is 37.8 Å². The predicted molar refractivity (Wildman–Crippen MR) is 67.4 cm³/mol. The Morgan fingerprint density at radius 1 is 1.56 bits per heavy atom. The van der Waals surface area contributed by atoms with Gasteiger partial charge in [-0.2, -0.15) is 0 Å². The first kappa shape index (κ1) is 10.5. The number of rotatable bonds is 4. The lowest BCUT2D eigenvalue weighted by Gasteiger charge is -2.00. The molecule has 5 heteroatoms. The van der Waals surface area contributed by atoms with Crippen molar-refractivity contribution in [3.8, 4) is 10.6 Å². The summed E-state index contributed by atoms with van der Waals surface area (Å²) in [4.78, 5) is 1.12. The van der Waals surface area contributed by atoms with Gasteiger partial charge in [0.1, 0.15) is 0 Å². The summed E-state index contributed by atoms with van der Waals surface area (Å²) < 4.78 is 6.40. The van der Waals surface area contributed by atoms with Crippen molar-refractivity contribution in [2.75, 3.05) is 0 Å². The molecule has 0 saturated heterocycles. The van der Waals surface area contributed by atoms with Gasteiger partial charge < -0.3 is 9.84 Å². The molecule has 0 spiro atoms. The first-order chi connectivity index (χ1) is 7.83. The smallest absolute Gasteiger partial charge is 0.181 e. The molecule has 0 aromatic carbocycles. The van der Waals surface area contributed by atoms with Crippen LogP contribution in [0.1, 0.15) is 18.4 Å². The van der Waals surface area contributed by atoms with Gasteiger partial charge in [0.25, 0.3) is 0 Å². The molecular formula is C11H11BrN2OS. The van der Waals surface area contributed by atoms with Crippen molar-refractivity contribution in [3.63, 3.8) is 0 Å². The molecule has 3 nitrogen and oxygen atoms in total. The lowest BCUT2D eigenvalue weighted by molar-refractivity contribution is 0.432. The maximum Gasteiger partial charge on any atom is 0.181 e. The van der Waals surface area contributed by atoms with Crippen LogP contribution >= 0.6 is 27.3 Å². The van der Waals surface area contributed by atoms with Gasteiger partial charge in [-0.05, 0) is 34.8 Å². The summed E-state index contributed by atoms with van der Waals surface area (Å²) in [5.74, 6) is 0.892. The quantitative estimate of drug-likeness (QED) is 0.940. The van der Waals surface area contributed by atoms with E-state index in [-0.39, 0.29) is 0 Å². The van der Waals surface area contributed by atoms with Crippen molar-refractivity contribution < 1.29 is 4.52 Å². The maximum absolute atomic E-state index is 5.32. The molecule has 1 fully saturated rings. The van der Waals surface area contributed by atoms with Gasteiger partial charge in [-0.15, -0.1) is 11.3 Å². The number of nitrogens with zero attached hydrogens (tertiary/aromatic N) is 1. The van der Waals surface area contributed by atoms with Crippen LogP contribution in [0.2, 0.25) is 0 Å². The van der Waals surface area contributed by atoms with Crippen molar-refractivity contribution in [3.05, 3.63) is 27.7 Å². The minimum atomic E-state index is 0.706. The van der Waals surface area contributed by atoms with Gasteiger partial charge in [-0.25, -0.2) is 0 Å². The Hall–Kier alpha value is -0.650. The van der Waals surface area contributed by atoms with Gasteiger partial charge in [0, 0.05) is 28.0 Å². The average molecular weight is 299 g/mol. The third-order valence-electron chi connectivity index (χ3n) is 2.59. The third kappa shape index (κ3) is 2.21. The molecule has 1 aliphatic rings. The summed E-state index contributed by atoms with van der Waals surface area (Å²) in [6.45, 7) is 0.846. The first-order valence-electron chi connectivity index (χ1n) is 5.24. The van der Waals surface area contributed by atoms with Crippen LogP contribution in [0.25, 0.3) is 10.6 Å². The molecule has 84 valence electrons. The second-order valence-electron chi connectivity index (χ2n) is 3.96. The largest absolute Gasteiger partial charge is 0.355 e. The van der Waals surface area contributed by atoms with Crippen LogP contribution in [0.15, 0.2) is 26.6 Å². The van der Waals surface area contributed by atoms with Gasteiger partial charge in [-0.1, -0.05) is 5.16 Å². The molecule has 0 bridgehead atoms. The molecule has 2 heterocycles. The summed E-state index contributed by atoms with van der Waals surface area (Å²) in [6.07, 6.45) is 4.40. The summed E-state index contributed by atoms with van der Waals surface area (Å²) in [6, 6.07) is 2.77. The lowest BCUT2D eigenvalue weighted by atomic mass is 10.2. The van der Waals surface area contributed by atoms with Crippen LogP contribution in [-0.4, -0.2) is 11.2 Å². The van der Waals surface area contributed by atoms with Gasteiger partial charge in [0.2, 0.25) is 0 Å². The molecule has 1 N–H and O–H groups in total. The molecule has 0 aliphatic heterocycles. The van der Waals surface area contributed by atoms with Crippen LogP contribution in [0.4, 0.5) is 0 Å². The topological polar surface area (TPSA) is 38.1 Å². The molecule has 0 atom stereocenters. The second-order valence-corrected chi connectivity index (χ2v) is 5.79. The number of hydrogen-bond acceptors (Lipinski definition) is 4. The Morgan fingerprint density at radius 2 is 2.44 bits per heavy atom. The fourth-order valence-corrected chi connectivity index (χ4v) is 3.00. The highest BCUT2D eigenvalue weighted by Gasteiger charge is 2.21. The van der Waals surface area contributed by atoms with Crippen molar-refractivity contribution in [2.45, 2.75) is 25.4 Å². The van der Waals surface area contributed by atoms with E-state index in [1.54, 1.807) is 17.5 Å². The average Bonchev–Trinajstić information content (AvgIpc) is 2.82. The summed E-state index contributed by atoms with van der Waals surface area (Å²) in [5, 5.41) is 9.40. The minimum Gasteiger partial charge on any atom is -0.355 e. The molecule has 16 heavy (non-hydrogen) atoms. The monoisotopic (exact) mass is 298 g/mol. The molecule has 2 aromatic rings. The number of nitrogens with one attached hydrogen (secondary N) is 1. The highest BCUT2D eigenvalue weighted by Crippen LogP contribution is 2.32. The van der Waals surface area contributed by atoms with E-state index >= 15 is 0 Å². The third-order valence-corrected chi connectivity index (χ3v) is 4.28. The Balaban J connectivity index is 1.80. The highest BCUT2D eigenvalue weighted by molar-refractivity contribution is 9.10. The van der Waals surface area contributed by atoms with E-state index < -0.39 is 0 Å². The fourth-order valence-electron chi connectivity index (χ4n) is 1.56. The van der Waals surface area contributed by atoms with Crippen molar-refractivity contribution in [1.82, 2.24) is 10.5 Å². The zero-order valence-electron chi connectivity index (χ0n) is 8.57. The van der Waals surface area contributed by atoms with Gasteiger partial charge in [0.05, 0.1) is 11.1 Å². The van der Waals surface area contributed by atoms with Crippen molar-refractivity contribution in [1.29, 1.82) is 0 Å². The number of thiophene rings is 1. The fraction of sp³-hybridized carbons (Fsp3) is 0.364. The lowest BCUT2D eigenvalue weighted by Crippen LogP contribution is -2.15. The van der Waals surface area contributed by atoms with E-state index in [9.17, 15) is 0 Å². The summed E-state index contributed by atoms with van der Waals surface area (Å²) in [7, 11) is 0. The van der Waals surface area contributed by atoms with Crippen LogP contribution in [-0.2, 0) is 6.54 Å². The van der Waals surface area contributed by atoms with Crippen LogP contribution in [0, 0.1) is 0 Å². The predicted octanol–water partition coefficient (Wildman–Crippen LogP) is 3.42. The molecule has 0 amide bonds. The Morgan fingerprint density at radius 3 is 3.12 bits per heavy atom. The van der Waals surface area contributed by atoms with Crippen LogP contribution < -0.4 is 5.32 Å². The van der Waals surface area contributed by atoms with E-state index in [1.807, 2.05) is 0 Å². The molecule has 3 rings (SSSR count). The Kier molecular flexibility index (Phi) is 2.83. The second kappa shape index (κ2) is 4.31. The maximum atomic E-state index is 5.32. The zero-order chi connectivity index (χ0) is 11.0. The van der Waals surface area contributed by atoms with E-state index in [0.717, 1.165) is 27.2 Å². The van der Waals surface area contributed by atoms with Crippen LogP contribution in [0.3, 0.4) is 0 Å². The normalized spacial score (nSPS) is 15.6. The highest BCUT2D eigenvalue weighted by atomic mass is 79.9. The molecule has 0 unspecified atom stereocenters. The standard InChI is InChI=1S/C11H11BrN2OS/c12-8-3-10(16-6-8)11-7(5-14-15-11)4-13-9-1-2-9/h3,5-6,9,13H,1-2,4H2. The van der Waals surface area contributed by atoms with Gasteiger partial charge >= 0.3 is 0 Å². The number of halogens is 1. The van der Waals surface area contributed by atoms with Crippen molar-refractivity contribution in [2.24, 2.45) is 0 Å².